The van der Waals surface area contributed by atoms with Crippen LogP contribution in [0.15, 0.2) is 59.5 Å². The molecule has 0 aromatic heterocycles. The molecule has 0 unspecified atom stereocenters. The highest BCUT2D eigenvalue weighted by molar-refractivity contribution is 7.89. The minimum atomic E-state index is -3.85. The highest BCUT2D eigenvalue weighted by atomic mass is 32.2. The maximum atomic E-state index is 12.6. The fourth-order valence-corrected chi connectivity index (χ4v) is 4.59. The summed E-state index contributed by atoms with van der Waals surface area (Å²) in [5.41, 5.74) is 5.55. The molecule has 11 heteroatoms. The average Bonchev–Trinajstić information content (AvgIpc) is 2.87. The van der Waals surface area contributed by atoms with Crippen LogP contribution in [0.5, 0.6) is 0 Å². The number of hydrazine groups is 1. The zero-order valence-electron chi connectivity index (χ0n) is 18.8. The van der Waals surface area contributed by atoms with Gasteiger partial charge in [0.05, 0.1) is 17.4 Å². The summed E-state index contributed by atoms with van der Waals surface area (Å²) in [6.07, 6.45) is 0.738. The van der Waals surface area contributed by atoms with Crippen molar-refractivity contribution in [1.29, 1.82) is 0 Å². The maximum absolute atomic E-state index is 12.6. The van der Waals surface area contributed by atoms with E-state index in [4.69, 9.17) is 4.74 Å². The summed E-state index contributed by atoms with van der Waals surface area (Å²) < 4.78 is 32.7. The minimum Gasteiger partial charge on any atom is -0.450 e. The smallest absolute Gasteiger partial charge is 0.409 e. The first-order valence-corrected chi connectivity index (χ1v) is 12.4. The van der Waals surface area contributed by atoms with E-state index in [1.54, 1.807) is 19.1 Å². The predicted molar refractivity (Wildman–Crippen MR) is 124 cm³/mol. The van der Waals surface area contributed by atoms with Crippen LogP contribution in [0.25, 0.3) is 0 Å². The Labute approximate surface area is 198 Å². The number of hydrogen-bond acceptors (Lipinski definition) is 6. The molecule has 3 amide bonds. The second-order valence-corrected chi connectivity index (χ2v) is 9.53. The number of benzene rings is 2. The maximum Gasteiger partial charge on any atom is 0.409 e. The largest absolute Gasteiger partial charge is 0.450 e. The van der Waals surface area contributed by atoms with E-state index in [1.165, 1.54) is 29.2 Å². The number of rotatable bonds is 7. The monoisotopic (exact) mass is 488 g/mol. The highest BCUT2D eigenvalue weighted by Crippen LogP contribution is 2.17. The van der Waals surface area contributed by atoms with Crippen molar-refractivity contribution >= 4 is 27.9 Å². The molecule has 1 fully saturated rings. The average molecular weight is 489 g/mol. The van der Waals surface area contributed by atoms with Crippen molar-refractivity contribution in [2.45, 2.75) is 31.2 Å². The van der Waals surface area contributed by atoms with Crippen LogP contribution in [0.4, 0.5) is 4.79 Å². The van der Waals surface area contributed by atoms with Gasteiger partial charge >= 0.3 is 6.09 Å². The van der Waals surface area contributed by atoms with E-state index in [2.05, 4.69) is 15.6 Å². The number of amides is 3. The van der Waals surface area contributed by atoms with Crippen LogP contribution in [0.2, 0.25) is 0 Å². The first-order chi connectivity index (χ1) is 16.3. The SMILES string of the molecule is CCOC(=O)N1CCC[C@H](C(=O)NNC(=O)c2cccc(S(=O)(=O)NCc3ccccc3)c2)C1. The number of likely N-dealkylation sites (tertiary alicyclic amines) is 1. The number of nitrogens with one attached hydrogen (secondary N) is 3. The molecule has 3 rings (SSSR count). The number of hydrogen-bond donors (Lipinski definition) is 3. The van der Waals surface area contributed by atoms with Crippen LogP contribution in [0, 0.1) is 5.92 Å². The topological polar surface area (TPSA) is 134 Å². The fraction of sp³-hybridized carbons (Fsp3) is 0.348. The van der Waals surface area contributed by atoms with E-state index in [0.717, 1.165) is 5.56 Å². The Balaban J connectivity index is 1.56. The molecule has 1 aliphatic rings. The van der Waals surface area contributed by atoms with E-state index in [0.29, 0.717) is 19.4 Å². The summed E-state index contributed by atoms with van der Waals surface area (Å²) in [4.78, 5) is 38.3. The molecule has 1 heterocycles. The van der Waals surface area contributed by atoms with Gasteiger partial charge in [-0.1, -0.05) is 36.4 Å². The molecule has 0 saturated carbocycles. The van der Waals surface area contributed by atoms with E-state index in [9.17, 15) is 22.8 Å². The quantitative estimate of drug-likeness (QED) is 0.509. The lowest BCUT2D eigenvalue weighted by Crippen LogP contribution is -2.50. The Bertz CT molecular complexity index is 1120. The number of sulfonamides is 1. The first kappa shape index (κ1) is 25.2. The number of ether oxygens (including phenoxy) is 1. The van der Waals surface area contributed by atoms with Gasteiger partial charge in [0.15, 0.2) is 0 Å². The molecule has 1 atom stereocenters. The van der Waals surface area contributed by atoms with Crippen molar-refractivity contribution in [1.82, 2.24) is 20.5 Å². The molecule has 0 bridgehead atoms. The molecule has 10 nitrogen and oxygen atoms in total. The Morgan fingerprint density at radius 1 is 1.06 bits per heavy atom. The summed E-state index contributed by atoms with van der Waals surface area (Å²) >= 11 is 0. The molecule has 1 saturated heterocycles. The van der Waals surface area contributed by atoms with Crippen LogP contribution in [0.3, 0.4) is 0 Å². The standard InChI is InChI=1S/C23H28N4O6S/c1-2-33-23(30)27-13-7-11-19(16-27)22(29)26-25-21(28)18-10-6-12-20(14-18)34(31,32)24-15-17-8-4-3-5-9-17/h3-6,8-10,12,14,19,24H,2,7,11,13,15-16H2,1H3,(H,25,28)(H,26,29)/t19-/m0/s1. The molecule has 0 spiro atoms. The Morgan fingerprint density at radius 2 is 1.82 bits per heavy atom. The molecule has 182 valence electrons. The van der Waals surface area contributed by atoms with Gasteiger partial charge in [-0.25, -0.2) is 17.9 Å². The molecule has 34 heavy (non-hydrogen) atoms. The van der Waals surface area contributed by atoms with Crippen LogP contribution < -0.4 is 15.6 Å². The third-order valence-corrected chi connectivity index (χ3v) is 6.73. The van der Waals surface area contributed by atoms with E-state index in [1.807, 2.05) is 18.2 Å². The van der Waals surface area contributed by atoms with Crippen molar-refractivity contribution in [3.8, 4) is 0 Å². The molecule has 3 N–H and O–H groups in total. The Hall–Kier alpha value is -3.44. The van der Waals surface area contributed by atoms with Gasteiger partial charge < -0.3 is 9.64 Å². The third kappa shape index (κ3) is 6.78. The van der Waals surface area contributed by atoms with Gasteiger partial charge in [0, 0.05) is 25.2 Å². The summed E-state index contributed by atoms with van der Waals surface area (Å²) in [6, 6.07) is 14.6. The van der Waals surface area contributed by atoms with Crippen molar-refractivity contribution in [2.75, 3.05) is 19.7 Å². The predicted octanol–water partition coefficient (Wildman–Crippen LogP) is 1.79. The Morgan fingerprint density at radius 3 is 2.56 bits per heavy atom. The van der Waals surface area contributed by atoms with E-state index < -0.39 is 33.8 Å². The van der Waals surface area contributed by atoms with Gasteiger partial charge in [0.25, 0.3) is 5.91 Å². The van der Waals surface area contributed by atoms with E-state index in [-0.39, 0.29) is 30.2 Å². The lowest BCUT2D eigenvalue weighted by molar-refractivity contribution is -0.127. The normalized spacial score (nSPS) is 15.9. The van der Waals surface area contributed by atoms with Gasteiger partial charge in [0.1, 0.15) is 0 Å². The lowest BCUT2D eigenvalue weighted by Gasteiger charge is -2.31. The summed E-state index contributed by atoms with van der Waals surface area (Å²) in [5, 5.41) is 0. The van der Waals surface area contributed by atoms with Crippen LogP contribution in [-0.2, 0) is 26.1 Å². The number of nitrogens with zero attached hydrogens (tertiary/aromatic N) is 1. The van der Waals surface area contributed by atoms with Gasteiger partial charge in [-0.05, 0) is 43.5 Å². The van der Waals surface area contributed by atoms with Gasteiger partial charge in [0.2, 0.25) is 15.9 Å². The molecule has 2 aromatic carbocycles. The second kappa shape index (κ2) is 11.6. The number of piperidine rings is 1. The Kier molecular flexibility index (Phi) is 8.61. The van der Waals surface area contributed by atoms with E-state index >= 15 is 0 Å². The molecule has 2 aromatic rings. The first-order valence-electron chi connectivity index (χ1n) is 11.0. The number of carbonyl (C=O) groups is 3. The molecule has 0 aliphatic carbocycles. The lowest BCUT2D eigenvalue weighted by atomic mass is 9.98. The highest BCUT2D eigenvalue weighted by Gasteiger charge is 2.29. The van der Waals surface area contributed by atoms with Crippen molar-refractivity contribution in [3.63, 3.8) is 0 Å². The van der Waals surface area contributed by atoms with Crippen molar-refractivity contribution in [2.24, 2.45) is 5.92 Å². The molecule has 1 aliphatic heterocycles. The zero-order chi connectivity index (χ0) is 24.6. The minimum absolute atomic E-state index is 0.0691. The van der Waals surface area contributed by atoms with Crippen LogP contribution in [-0.4, -0.2) is 50.9 Å². The zero-order valence-corrected chi connectivity index (χ0v) is 19.6. The van der Waals surface area contributed by atoms with Crippen LogP contribution >= 0.6 is 0 Å². The summed E-state index contributed by atoms with van der Waals surface area (Å²) in [5.74, 6) is -1.59. The number of carbonyl (C=O) groups excluding carboxylic acids is 3. The molecular weight excluding hydrogens is 460 g/mol. The molecule has 0 radical (unpaired) electrons. The van der Waals surface area contributed by atoms with Gasteiger partial charge in [-0.3, -0.25) is 20.4 Å². The van der Waals surface area contributed by atoms with Crippen molar-refractivity contribution < 1.29 is 27.5 Å². The second-order valence-electron chi connectivity index (χ2n) is 7.77. The summed E-state index contributed by atoms with van der Waals surface area (Å²) in [7, 11) is -3.85. The third-order valence-electron chi connectivity index (χ3n) is 5.33. The fourth-order valence-electron chi connectivity index (χ4n) is 3.53. The van der Waals surface area contributed by atoms with Crippen LogP contribution in [0.1, 0.15) is 35.7 Å². The summed E-state index contributed by atoms with van der Waals surface area (Å²) in [6.45, 7) is 2.77. The van der Waals surface area contributed by atoms with Crippen molar-refractivity contribution in [3.05, 3.63) is 65.7 Å². The molecular formula is C23H28N4O6S. The van der Waals surface area contributed by atoms with Gasteiger partial charge in [-0.2, -0.15) is 0 Å². The van der Waals surface area contributed by atoms with Gasteiger partial charge in [-0.15, -0.1) is 0 Å².